The third-order valence-electron chi connectivity index (χ3n) is 2.65. The molecular formula is C12H16N4O. The van der Waals surface area contributed by atoms with Crippen LogP contribution in [0.3, 0.4) is 0 Å². The van der Waals surface area contributed by atoms with Crippen molar-refractivity contribution >= 4 is 11.5 Å². The van der Waals surface area contributed by atoms with Crippen LogP contribution in [0.4, 0.5) is 5.82 Å². The minimum Gasteiger partial charge on any atom is -0.358 e. The zero-order valence-electron chi connectivity index (χ0n) is 10.1. The fraction of sp³-hybridized carbons (Fsp3) is 0.333. The first-order valence-corrected chi connectivity index (χ1v) is 5.56. The van der Waals surface area contributed by atoms with Crippen molar-refractivity contribution in [3.63, 3.8) is 0 Å². The molecule has 2 aromatic rings. The lowest BCUT2D eigenvalue weighted by Crippen LogP contribution is -2.29. The summed E-state index contributed by atoms with van der Waals surface area (Å²) in [5.74, 6) is 0.705. The van der Waals surface area contributed by atoms with Gasteiger partial charge in [-0.3, -0.25) is 9.20 Å². The molecule has 90 valence electrons. The van der Waals surface area contributed by atoms with Crippen molar-refractivity contribution in [1.82, 2.24) is 14.7 Å². The van der Waals surface area contributed by atoms with Crippen LogP contribution in [-0.2, 0) is 0 Å². The molecule has 2 rings (SSSR count). The maximum Gasteiger partial charge on any atom is 0.259 e. The molecule has 0 spiro atoms. The number of fused-ring (bicyclic) bond motifs is 1. The van der Waals surface area contributed by atoms with Gasteiger partial charge in [0.1, 0.15) is 11.5 Å². The van der Waals surface area contributed by atoms with E-state index >= 15 is 0 Å². The lowest BCUT2D eigenvalue weighted by Gasteiger charge is -2.17. The highest BCUT2D eigenvalue weighted by Gasteiger charge is 2.05. The molecule has 17 heavy (non-hydrogen) atoms. The number of pyridine rings is 1. The summed E-state index contributed by atoms with van der Waals surface area (Å²) in [4.78, 5) is 18.3. The van der Waals surface area contributed by atoms with Crippen LogP contribution >= 0.6 is 0 Å². The second kappa shape index (κ2) is 4.97. The SMILES string of the molecule is CNCCN(C)c1cc(=O)n2ccccc2n1. The number of hydrogen-bond donors (Lipinski definition) is 1. The Balaban J connectivity index is 2.39. The lowest BCUT2D eigenvalue weighted by atomic mass is 10.4. The second-order valence-corrected chi connectivity index (χ2v) is 3.91. The van der Waals surface area contributed by atoms with Crippen molar-refractivity contribution in [3.05, 3.63) is 40.8 Å². The minimum absolute atomic E-state index is 0.0538. The Hall–Kier alpha value is -1.88. The van der Waals surface area contributed by atoms with Crippen molar-refractivity contribution < 1.29 is 0 Å². The summed E-state index contributed by atoms with van der Waals surface area (Å²) in [5.41, 5.74) is 0.619. The summed E-state index contributed by atoms with van der Waals surface area (Å²) >= 11 is 0. The summed E-state index contributed by atoms with van der Waals surface area (Å²) in [6.45, 7) is 1.66. The van der Waals surface area contributed by atoms with Gasteiger partial charge in [0.25, 0.3) is 5.56 Å². The molecule has 0 bridgehead atoms. The minimum atomic E-state index is -0.0538. The van der Waals surface area contributed by atoms with Crippen molar-refractivity contribution in [2.75, 3.05) is 32.1 Å². The molecule has 0 aliphatic carbocycles. The highest BCUT2D eigenvalue weighted by Crippen LogP contribution is 2.07. The van der Waals surface area contributed by atoms with Gasteiger partial charge in [0.15, 0.2) is 0 Å². The summed E-state index contributed by atoms with van der Waals surface area (Å²) in [6.07, 6.45) is 1.72. The van der Waals surface area contributed by atoms with Gasteiger partial charge in [-0.05, 0) is 19.2 Å². The molecule has 0 saturated heterocycles. The molecular weight excluding hydrogens is 216 g/mol. The van der Waals surface area contributed by atoms with E-state index in [9.17, 15) is 4.79 Å². The van der Waals surface area contributed by atoms with Gasteiger partial charge in [0.2, 0.25) is 0 Å². The molecule has 2 aromatic heterocycles. The van der Waals surface area contributed by atoms with Crippen LogP contribution in [0.25, 0.3) is 5.65 Å². The predicted octanol–water partition coefficient (Wildman–Crippen LogP) is 0.350. The summed E-state index contributed by atoms with van der Waals surface area (Å²) in [7, 11) is 3.83. The zero-order valence-corrected chi connectivity index (χ0v) is 10.1. The van der Waals surface area contributed by atoms with E-state index in [1.54, 1.807) is 12.3 Å². The van der Waals surface area contributed by atoms with Crippen LogP contribution in [0.1, 0.15) is 0 Å². The summed E-state index contributed by atoms with van der Waals surface area (Å²) in [5, 5.41) is 3.07. The highest BCUT2D eigenvalue weighted by atomic mass is 16.1. The molecule has 0 aliphatic heterocycles. The van der Waals surface area contributed by atoms with Gasteiger partial charge in [0, 0.05) is 32.4 Å². The Bertz CT molecular complexity index is 564. The quantitative estimate of drug-likeness (QED) is 0.826. The molecule has 1 N–H and O–H groups in total. The van der Waals surface area contributed by atoms with Gasteiger partial charge >= 0.3 is 0 Å². The standard InChI is InChI=1S/C12H16N4O/c1-13-6-8-15(2)11-9-12(17)16-7-4-3-5-10(16)14-11/h3-5,7,9,13H,6,8H2,1-2H3. The Morgan fingerprint density at radius 3 is 3.06 bits per heavy atom. The average Bonchev–Trinajstić information content (AvgIpc) is 2.36. The Labute approximate surface area is 99.7 Å². The van der Waals surface area contributed by atoms with Gasteiger partial charge in [-0.15, -0.1) is 0 Å². The van der Waals surface area contributed by atoms with Crippen LogP contribution in [0.2, 0.25) is 0 Å². The van der Waals surface area contributed by atoms with E-state index in [0.29, 0.717) is 11.5 Å². The average molecular weight is 232 g/mol. The predicted molar refractivity (Wildman–Crippen MR) is 68.7 cm³/mol. The molecule has 5 nitrogen and oxygen atoms in total. The van der Waals surface area contributed by atoms with Crippen LogP contribution in [-0.4, -0.2) is 36.6 Å². The highest BCUT2D eigenvalue weighted by molar-refractivity contribution is 5.47. The van der Waals surface area contributed by atoms with Crippen molar-refractivity contribution in [3.8, 4) is 0 Å². The molecule has 0 amide bonds. The fourth-order valence-corrected chi connectivity index (χ4v) is 1.63. The van der Waals surface area contributed by atoms with E-state index in [1.807, 2.05) is 37.2 Å². The van der Waals surface area contributed by atoms with E-state index in [1.165, 1.54) is 4.40 Å². The number of likely N-dealkylation sites (N-methyl/N-ethyl adjacent to an activating group) is 2. The van der Waals surface area contributed by atoms with Gasteiger partial charge in [-0.25, -0.2) is 4.98 Å². The Morgan fingerprint density at radius 1 is 1.47 bits per heavy atom. The van der Waals surface area contributed by atoms with E-state index in [4.69, 9.17) is 0 Å². The first-order valence-electron chi connectivity index (χ1n) is 5.56. The summed E-state index contributed by atoms with van der Waals surface area (Å²) in [6, 6.07) is 7.08. The molecule has 0 radical (unpaired) electrons. The van der Waals surface area contributed by atoms with Crippen LogP contribution < -0.4 is 15.8 Å². The molecule has 5 heteroatoms. The number of aromatic nitrogens is 2. The molecule has 0 aromatic carbocycles. The lowest BCUT2D eigenvalue weighted by molar-refractivity contribution is 0.760. The number of anilines is 1. The van der Waals surface area contributed by atoms with Crippen molar-refractivity contribution in [1.29, 1.82) is 0 Å². The molecule has 0 atom stereocenters. The third-order valence-corrected chi connectivity index (χ3v) is 2.65. The number of hydrogen-bond acceptors (Lipinski definition) is 4. The maximum atomic E-state index is 11.9. The largest absolute Gasteiger partial charge is 0.358 e. The van der Waals surface area contributed by atoms with Gasteiger partial charge in [-0.2, -0.15) is 0 Å². The van der Waals surface area contributed by atoms with E-state index < -0.39 is 0 Å². The Kier molecular flexibility index (Phi) is 3.39. The smallest absolute Gasteiger partial charge is 0.259 e. The van der Waals surface area contributed by atoms with Crippen molar-refractivity contribution in [2.45, 2.75) is 0 Å². The van der Waals surface area contributed by atoms with Crippen LogP contribution in [0.15, 0.2) is 35.3 Å². The first kappa shape index (κ1) is 11.6. The summed E-state index contributed by atoms with van der Waals surface area (Å²) < 4.78 is 1.54. The monoisotopic (exact) mass is 232 g/mol. The normalized spacial score (nSPS) is 10.7. The van der Waals surface area contributed by atoms with Crippen molar-refractivity contribution in [2.24, 2.45) is 0 Å². The van der Waals surface area contributed by atoms with Gasteiger partial charge in [0.05, 0.1) is 0 Å². The molecule has 0 fully saturated rings. The van der Waals surface area contributed by atoms with Crippen LogP contribution in [0.5, 0.6) is 0 Å². The molecule has 2 heterocycles. The molecule has 0 unspecified atom stereocenters. The van der Waals surface area contributed by atoms with Gasteiger partial charge < -0.3 is 10.2 Å². The van der Waals surface area contributed by atoms with E-state index in [2.05, 4.69) is 10.3 Å². The third kappa shape index (κ3) is 2.45. The van der Waals surface area contributed by atoms with E-state index in [0.717, 1.165) is 13.1 Å². The van der Waals surface area contributed by atoms with Gasteiger partial charge in [-0.1, -0.05) is 6.07 Å². The van der Waals surface area contributed by atoms with E-state index in [-0.39, 0.29) is 5.56 Å². The first-order chi connectivity index (χ1) is 8.22. The Morgan fingerprint density at radius 2 is 2.29 bits per heavy atom. The number of rotatable bonds is 4. The number of nitrogens with one attached hydrogen (secondary N) is 1. The number of nitrogens with zero attached hydrogens (tertiary/aromatic N) is 3. The molecule has 0 saturated carbocycles. The second-order valence-electron chi connectivity index (χ2n) is 3.91. The topological polar surface area (TPSA) is 49.6 Å². The maximum absolute atomic E-state index is 11.9. The molecule has 0 aliphatic rings. The zero-order chi connectivity index (χ0) is 12.3. The van der Waals surface area contributed by atoms with Crippen LogP contribution in [0, 0.1) is 0 Å². The fourth-order valence-electron chi connectivity index (χ4n) is 1.63.